The summed E-state index contributed by atoms with van der Waals surface area (Å²) >= 11 is 0. The normalized spacial score (nSPS) is 51.3. The topological polar surface area (TPSA) is 312 Å². The largest absolute Gasteiger partial charge is 0.394 e. The average Bonchev–Trinajstić information content (AvgIpc) is 3.01. The fourth-order valence-electron chi connectivity index (χ4n) is 6.30. The summed E-state index contributed by atoms with van der Waals surface area (Å²) in [6.07, 6.45) is -26.5. The van der Waals surface area contributed by atoms with Gasteiger partial charge in [-0.25, -0.2) is 0 Å². The van der Waals surface area contributed by atoms with E-state index in [1.165, 1.54) is 24.9 Å². The molecule has 4 aliphatic rings. The molecule has 19 atom stereocenters. The zero-order valence-corrected chi connectivity index (χ0v) is 24.5. The van der Waals surface area contributed by atoms with Gasteiger partial charge in [0, 0.05) is 0 Å². The summed E-state index contributed by atoms with van der Waals surface area (Å²) < 4.78 is 27.6. The minimum absolute atomic E-state index is 0.0404. The van der Waals surface area contributed by atoms with Crippen LogP contribution >= 0.6 is 0 Å². The van der Waals surface area contributed by atoms with Gasteiger partial charge in [0.2, 0.25) is 0 Å². The van der Waals surface area contributed by atoms with Gasteiger partial charge in [-0.3, -0.25) is 4.90 Å². The van der Waals surface area contributed by atoms with Crippen molar-refractivity contribution < 1.29 is 90.1 Å². The minimum Gasteiger partial charge on any atom is -0.394 e. The first-order valence-corrected chi connectivity index (χ1v) is 14.5. The molecular weight excluding hydrogens is 614 g/mol. The minimum atomic E-state index is -1.93. The molecule has 3 heterocycles. The summed E-state index contributed by atoms with van der Waals surface area (Å²) in [7, 11) is 1.46. The molecule has 0 aromatic carbocycles. The van der Waals surface area contributed by atoms with E-state index in [1.54, 1.807) is 0 Å². The first kappa shape index (κ1) is 36.8. The fraction of sp³-hybridized carbons (Fsp3) is 0.923. The van der Waals surface area contributed by atoms with E-state index in [9.17, 15) is 66.4 Å². The molecular formula is C26H45NO18. The highest BCUT2D eigenvalue weighted by molar-refractivity contribution is 5.22. The SMILES string of the molecule is CC1OC(OC2C(CO)OC(OC3C(CO)OC(O)C(O)C3O)C(O)C2O)C(O)C(O)C1N(C)C1C=C(CO)[C@@H](O)[C@H](O)[C@H]1O. The summed E-state index contributed by atoms with van der Waals surface area (Å²) in [6, 6.07) is -2.07. The van der Waals surface area contributed by atoms with Crippen LogP contribution in [0.4, 0.5) is 0 Å². The quantitative estimate of drug-likeness (QED) is 0.102. The average molecular weight is 660 g/mol. The number of aliphatic hydroxyl groups excluding tert-OH is 13. The van der Waals surface area contributed by atoms with Crippen LogP contribution in [0.1, 0.15) is 6.92 Å². The highest BCUT2D eigenvalue weighted by Gasteiger charge is 2.54. The van der Waals surface area contributed by atoms with Gasteiger partial charge in [-0.05, 0) is 19.5 Å². The second-order valence-electron chi connectivity index (χ2n) is 11.8. The van der Waals surface area contributed by atoms with Crippen LogP contribution in [-0.4, -0.2) is 215 Å². The van der Waals surface area contributed by atoms with Gasteiger partial charge >= 0.3 is 0 Å². The third kappa shape index (κ3) is 7.08. The molecule has 0 saturated carbocycles. The Balaban J connectivity index is 1.45. The lowest BCUT2D eigenvalue weighted by Gasteiger charge is -2.50. The van der Waals surface area contributed by atoms with Crippen LogP contribution in [0.3, 0.4) is 0 Å². The number of hydrogen-bond acceptors (Lipinski definition) is 19. The third-order valence-electron chi connectivity index (χ3n) is 8.96. The molecule has 0 spiro atoms. The summed E-state index contributed by atoms with van der Waals surface area (Å²) in [5, 5.41) is 134. The first-order chi connectivity index (χ1) is 21.2. The van der Waals surface area contributed by atoms with E-state index >= 15 is 0 Å². The van der Waals surface area contributed by atoms with Gasteiger partial charge in [0.15, 0.2) is 18.9 Å². The predicted octanol–water partition coefficient (Wildman–Crippen LogP) is -8.22. The van der Waals surface area contributed by atoms with Gasteiger partial charge < -0.3 is 90.1 Å². The van der Waals surface area contributed by atoms with Gasteiger partial charge in [0.05, 0.1) is 38.0 Å². The molecule has 19 heteroatoms. The molecule has 3 fully saturated rings. The van der Waals surface area contributed by atoms with Crippen molar-refractivity contribution in [2.24, 2.45) is 0 Å². The highest BCUT2D eigenvalue weighted by atomic mass is 16.7. The summed E-state index contributed by atoms with van der Waals surface area (Å²) in [4.78, 5) is 1.39. The standard InChI is InChI=1S/C26H45NO18/c1-7-12(27(2)9-3-8(4-28)13(31)16(34)14(9)32)15(33)20(38)25(41-7)44-23-11(6-30)43-26(21(39)18(23)36)45-22-10(5-29)42-24(40)19(37)17(22)35/h3,7,9-26,28-40H,4-6H2,1-2H3/t7?,9?,10?,11?,12?,13-,14+,15?,16+,17?,18?,19?,20?,21?,22?,23?,24?,25?,26?/m1/s1. The molecule has 0 amide bonds. The van der Waals surface area contributed by atoms with Crippen molar-refractivity contribution in [1.82, 2.24) is 4.90 Å². The second kappa shape index (κ2) is 15.0. The monoisotopic (exact) mass is 659 g/mol. The number of nitrogens with zero attached hydrogens (tertiary/aromatic N) is 1. The molecule has 45 heavy (non-hydrogen) atoms. The molecule has 262 valence electrons. The number of likely N-dealkylation sites (N-methyl/N-ethyl adjacent to an activating group) is 1. The summed E-state index contributed by atoms with van der Waals surface area (Å²) in [5.74, 6) is 0. The van der Waals surface area contributed by atoms with E-state index in [4.69, 9.17) is 23.7 Å². The Morgan fingerprint density at radius 2 is 1.16 bits per heavy atom. The summed E-state index contributed by atoms with van der Waals surface area (Å²) in [5.41, 5.74) is 0.0404. The van der Waals surface area contributed by atoms with E-state index in [1.807, 2.05) is 0 Å². The van der Waals surface area contributed by atoms with Crippen LogP contribution in [-0.2, 0) is 23.7 Å². The van der Waals surface area contributed by atoms with Crippen LogP contribution in [0.25, 0.3) is 0 Å². The second-order valence-corrected chi connectivity index (χ2v) is 11.8. The Kier molecular flexibility index (Phi) is 12.3. The van der Waals surface area contributed by atoms with E-state index in [2.05, 4.69) is 0 Å². The lowest BCUT2D eigenvalue weighted by Crippen LogP contribution is -2.68. The molecule has 1 aliphatic carbocycles. The van der Waals surface area contributed by atoms with Gasteiger partial charge in [-0.2, -0.15) is 0 Å². The maximum atomic E-state index is 11.1. The highest BCUT2D eigenvalue weighted by Crippen LogP contribution is 2.34. The third-order valence-corrected chi connectivity index (χ3v) is 8.96. The Labute approximate surface area is 257 Å². The van der Waals surface area contributed by atoms with Crippen LogP contribution in [0.15, 0.2) is 11.6 Å². The molecule has 3 aliphatic heterocycles. The Bertz CT molecular complexity index is 990. The molecule has 0 bridgehead atoms. The number of hydrogen-bond donors (Lipinski definition) is 13. The van der Waals surface area contributed by atoms with Crippen LogP contribution < -0.4 is 0 Å². The molecule has 19 nitrogen and oxygen atoms in total. The smallest absolute Gasteiger partial charge is 0.187 e. The fourth-order valence-corrected chi connectivity index (χ4v) is 6.30. The van der Waals surface area contributed by atoms with Gasteiger partial charge in [0.1, 0.15) is 79.4 Å². The lowest BCUT2D eigenvalue weighted by atomic mass is 9.85. The Hall–Kier alpha value is -1.02. The lowest BCUT2D eigenvalue weighted by molar-refractivity contribution is -0.375. The molecule has 4 rings (SSSR count). The molecule has 0 radical (unpaired) electrons. The van der Waals surface area contributed by atoms with Crippen molar-refractivity contribution in [2.45, 2.75) is 123 Å². The van der Waals surface area contributed by atoms with Crippen LogP contribution in [0.5, 0.6) is 0 Å². The Morgan fingerprint density at radius 1 is 0.644 bits per heavy atom. The maximum absolute atomic E-state index is 11.1. The first-order valence-electron chi connectivity index (χ1n) is 14.5. The molecule has 16 unspecified atom stereocenters. The van der Waals surface area contributed by atoms with Gasteiger partial charge in [0.25, 0.3) is 0 Å². The number of rotatable bonds is 9. The Morgan fingerprint density at radius 3 is 1.71 bits per heavy atom. The van der Waals surface area contributed by atoms with Crippen molar-refractivity contribution in [1.29, 1.82) is 0 Å². The maximum Gasteiger partial charge on any atom is 0.187 e. The van der Waals surface area contributed by atoms with Crippen molar-refractivity contribution in [3.63, 3.8) is 0 Å². The van der Waals surface area contributed by atoms with E-state index in [0.29, 0.717) is 0 Å². The van der Waals surface area contributed by atoms with Gasteiger partial charge in [-0.15, -0.1) is 0 Å². The molecule has 0 aromatic rings. The van der Waals surface area contributed by atoms with E-state index < -0.39 is 136 Å². The van der Waals surface area contributed by atoms with Crippen molar-refractivity contribution in [3.8, 4) is 0 Å². The molecule has 3 saturated heterocycles. The zero-order chi connectivity index (χ0) is 33.5. The van der Waals surface area contributed by atoms with E-state index in [-0.39, 0.29) is 5.57 Å². The van der Waals surface area contributed by atoms with E-state index in [0.717, 1.165) is 0 Å². The molecule has 0 aromatic heterocycles. The van der Waals surface area contributed by atoms with Crippen molar-refractivity contribution in [2.75, 3.05) is 26.9 Å². The van der Waals surface area contributed by atoms with Crippen molar-refractivity contribution in [3.05, 3.63) is 11.6 Å². The van der Waals surface area contributed by atoms with Crippen LogP contribution in [0.2, 0.25) is 0 Å². The number of aliphatic hydroxyl groups is 13. The predicted molar refractivity (Wildman–Crippen MR) is 142 cm³/mol. The van der Waals surface area contributed by atoms with Gasteiger partial charge in [-0.1, -0.05) is 6.08 Å². The van der Waals surface area contributed by atoms with Crippen LogP contribution in [0, 0.1) is 0 Å². The number of ether oxygens (including phenoxy) is 5. The summed E-state index contributed by atoms with van der Waals surface area (Å²) in [6.45, 7) is -0.714. The zero-order valence-electron chi connectivity index (χ0n) is 24.5. The van der Waals surface area contributed by atoms with Crippen molar-refractivity contribution >= 4 is 0 Å². The molecule has 13 N–H and O–H groups in total.